The lowest BCUT2D eigenvalue weighted by atomic mass is 9.86. The normalized spacial score (nSPS) is 20.9. The summed E-state index contributed by atoms with van der Waals surface area (Å²) in [5.41, 5.74) is 0.409. The zero-order chi connectivity index (χ0) is 18.9. The molecule has 1 saturated heterocycles. The Kier molecular flexibility index (Phi) is 5.31. The molecule has 1 fully saturated rings. The number of hydrogen-bond acceptors (Lipinski definition) is 3. The molecule has 2 atom stereocenters. The summed E-state index contributed by atoms with van der Waals surface area (Å²) in [6.07, 6.45) is 0.442. The first-order valence-electron chi connectivity index (χ1n) is 7.91. The summed E-state index contributed by atoms with van der Waals surface area (Å²) in [6, 6.07) is 5.34. The molecule has 0 aliphatic carbocycles. The Bertz CT molecular complexity index is 901. The Morgan fingerprint density at radius 2 is 1.65 bits per heavy atom. The van der Waals surface area contributed by atoms with Crippen molar-refractivity contribution in [1.82, 2.24) is 10.0 Å². The van der Waals surface area contributed by atoms with E-state index in [0.717, 1.165) is 30.3 Å². The van der Waals surface area contributed by atoms with Crippen molar-refractivity contribution in [2.45, 2.75) is 23.3 Å². The van der Waals surface area contributed by atoms with Crippen LogP contribution < -0.4 is 10.0 Å². The Hall–Kier alpha value is -1.97. The highest BCUT2D eigenvalue weighted by atomic mass is 32.2. The number of sulfonamides is 1. The minimum absolute atomic E-state index is 0.180. The second-order valence-electron chi connectivity index (χ2n) is 6.05. The van der Waals surface area contributed by atoms with Crippen LogP contribution in [0.5, 0.6) is 0 Å². The molecule has 2 N–H and O–H groups in total. The van der Waals surface area contributed by atoms with Crippen LogP contribution in [0.2, 0.25) is 0 Å². The summed E-state index contributed by atoms with van der Waals surface area (Å²) in [5, 5.41) is 2.98. The van der Waals surface area contributed by atoms with Crippen LogP contribution in [0.4, 0.5) is 17.6 Å². The summed E-state index contributed by atoms with van der Waals surface area (Å²) in [4.78, 5) is -1.06. The fourth-order valence-electron chi connectivity index (χ4n) is 3.12. The van der Waals surface area contributed by atoms with Gasteiger partial charge in [0.05, 0.1) is 0 Å². The number of nitrogens with one attached hydrogen (secondary N) is 2. The molecule has 4 nitrogen and oxygen atoms in total. The molecule has 1 heterocycles. The van der Waals surface area contributed by atoms with Gasteiger partial charge in [0.1, 0.15) is 11.6 Å². The van der Waals surface area contributed by atoms with Crippen LogP contribution >= 0.6 is 0 Å². The van der Waals surface area contributed by atoms with Crippen molar-refractivity contribution >= 4 is 10.0 Å². The predicted molar refractivity (Wildman–Crippen MR) is 87.1 cm³/mol. The zero-order valence-corrected chi connectivity index (χ0v) is 14.3. The molecule has 3 rings (SSSR count). The van der Waals surface area contributed by atoms with E-state index >= 15 is 0 Å². The third-order valence-electron chi connectivity index (χ3n) is 4.35. The van der Waals surface area contributed by atoms with Gasteiger partial charge in [-0.3, -0.25) is 0 Å². The van der Waals surface area contributed by atoms with Gasteiger partial charge in [0, 0.05) is 18.5 Å². The van der Waals surface area contributed by atoms with Gasteiger partial charge in [-0.15, -0.1) is 0 Å². The highest BCUT2D eigenvalue weighted by Crippen LogP contribution is 2.28. The van der Waals surface area contributed by atoms with Gasteiger partial charge in [0.25, 0.3) is 0 Å². The minimum Gasteiger partial charge on any atom is -0.315 e. The third-order valence-corrected chi connectivity index (χ3v) is 5.89. The highest BCUT2D eigenvalue weighted by Gasteiger charge is 2.33. The van der Waals surface area contributed by atoms with Crippen LogP contribution in [0, 0.1) is 23.3 Å². The highest BCUT2D eigenvalue weighted by molar-refractivity contribution is 7.89. The van der Waals surface area contributed by atoms with Crippen molar-refractivity contribution in [2.24, 2.45) is 0 Å². The van der Waals surface area contributed by atoms with E-state index in [9.17, 15) is 26.0 Å². The van der Waals surface area contributed by atoms with E-state index in [1.165, 1.54) is 6.07 Å². The van der Waals surface area contributed by atoms with Crippen molar-refractivity contribution in [1.29, 1.82) is 0 Å². The van der Waals surface area contributed by atoms with Crippen molar-refractivity contribution in [3.8, 4) is 0 Å². The zero-order valence-electron chi connectivity index (χ0n) is 13.5. The second-order valence-corrected chi connectivity index (χ2v) is 7.70. The van der Waals surface area contributed by atoms with E-state index in [0.29, 0.717) is 18.5 Å². The molecule has 9 heteroatoms. The van der Waals surface area contributed by atoms with Crippen LogP contribution in [0.25, 0.3) is 0 Å². The van der Waals surface area contributed by atoms with Gasteiger partial charge >= 0.3 is 0 Å². The molecule has 0 spiro atoms. The van der Waals surface area contributed by atoms with Crippen molar-refractivity contribution in [2.75, 3.05) is 13.1 Å². The van der Waals surface area contributed by atoms with Crippen LogP contribution in [-0.2, 0) is 10.0 Å². The van der Waals surface area contributed by atoms with E-state index in [1.807, 2.05) is 0 Å². The van der Waals surface area contributed by atoms with Crippen molar-refractivity contribution < 1.29 is 26.0 Å². The van der Waals surface area contributed by atoms with Crippen LogP contribution in [0.1, 0.15) is 17.9 Å². The maximum Gasteiger partial charge on any atom is 0.246 e. The first kappa shape index (κ1) is 18.8. The molecule has 0 amide bonds. The molecule has 1 aliphatic heterocycles. The smallest absolute Gasteiger partial charge is 0.246 e. The standard InChI is InChI=1S/C17H16F4N2O2S/c18-12-5-4-10(8-15(12)21)11-6-7-22-9-16(11)23-26(24,25)17-13(19)2-1-3-14(17)20/h1-5,8,11,16,22-23H,6-7,9H2. The molecular formula is C17H16F4N2O2S. The van der Waals surface area contributed by atoms with Crippen molar-refractivity contribution in [3.05, 3.63) is 65.2 Å². The largest absolute Gasteiger partial charge is 0.315 e. The average Bonchev–Trinajstić information content (AvgIpc) is 2.57. The number of benzene rings is 2. The number of rotatable bonds is 4. The van der Waals surface area contributed by atoms with Gasteiger partial charge in [-0.05, 0) is 42.8 Å². The lowest BCUT2D eigenvalue weighted by Crippen LogP contribution is -2.50. The quantitative estimate of drug-likeness (QED) is 0.792. The fourth-order valence-corrected chi connectivity index (χ4v) is 4.54. The Morgan fingerprint density at radius 1 is 0.962 bits per heavy atom. The summed E-state index contributed by atoms with van der Waals surface area (Å²) in [6.45, 7) is 0.717. The van der Waals surface area contributed by atoms with Crippen LogP contribution in [0.3, 0.4) is 0 Å². The van der Waals surface area contributed by atoms with Gasteiger partial charge in [-0.1, -0.05) is 12.1 Å². The first-order chi connectivity index (χ1) is 12.3. The van der Waals surface area contributed by atoms with Crippen LogP contribution in [-0.4, -0.2) is 27.5 Å². The molecular weight excluding hydrogens is 372 g/mol. The first-order valence-corrected chi connectivity index (χ1v) is 9.40. The molecule has 140 valence electrons. The van der Waals surface area contributed by atoms with E-state index < -0.39 is 50.1 Å². The lowest BCUT2D eigenvalue weighted by Gasteiger charge is -2.33. The van der Waals surface area contributed by atoms with E-state index in [4.69, 9.17) is 0 Å². The number of piperidine rings is 1. The van der Waals surface area contributed by atoms with Crippen molar-refractivity contribution in [3.63, 3.8) is 0 Å². The SMILES string of the molecule is O=S(=O)(NC1CNCCC1c1ccc(F)c(F)c1)c1c(F)cccc1F. The molecule has 2 aromatic carbocycles. The van der Waals surface area contributed by atoms with Gasteiger partial charge < -0.3 is 5.32 Å². The molecule has 2 unspecified atom stereocenters. The van der Waals surface area contributed by atoms with E-state index in [-0.39, 0.29) is 6.54 Å². The Labute approximate surface area is 148 Å². The van der Waals surface area contributed by atoms with Gasteiger partial charge in [-0.25, -0.2) is 30.7 Å². The Balaban J connectivity index is 1.92. The fraction of sp³-hybridized carbons (Fsp3) is 0.294. The molecule has 0 saturated carbocycles. The number of halogens is 4. The maximum absolute atomic E-state index is 13.9. The maximum atomic E-state index is 13.9. The molecule has 2 aromatic rings. The average molecular weight is 388 g/mol. The molecule has 0 radical (unpaired) electrons. The topological polar surface area (TPSA) is 58.2 Å². The molecule has 26 heavy (non-hydrogen) atoms. The summed E-state index contributed by atoms with van der Waals surface area (Å²) in [7, 11) is -4.49. The lowest BCUT2D eigenvalue weighted by molar-refractivity contribution is 0.375. The third kappa shape index (κ3) is 3.74. The molecule has 0 bridgehead atoms. The van der Waals surface area contributed by atoms with Gasteiger partial charge in [-0.2, -0.15) is 0 Å². The monoisotopic (exact) mass is 388 g/mol. The van der Waals surface area contributed by atoms with Gasteiger partial charge in [0.15, 0.2) is 16.5 Å². The predicted octanol–water partition coefficient (Wildman–Crippen LogP) is 2.67. The van der Waals surface area contributed by atoms with E-state index in [2.05, 4.69) is 10.0 Å². The summed E-state index contributed by atoms with van der Waals surface area (Å²) in [5.74, 6) is -4.93. The van der Waals surface area contributed by atoms with Gasteiger partial charge in [0.2, 0.25) is 10.0 Å². The number of hydrogen-bond donors (Lipinski definition) is 2. The molecule has 0 aromatic heterocycles. The Morgan fingerprint density at radius 3 is 2.31 bits per heavy atom. The summed E-state index contributed by atoms with van der Waals surface area (Å²) < 4.78 is 81.7. The summed E-state index contributed by atoms with van der Waals surface area (Å²) >= 11 is 0. The molecule has 1 aliphatic rings. The van der Waals surface area contributed by atoms with Crippen LogP contribution in [0.15, 0.2) is 41.3 Å². The second kappa shape index (κ2) is 7.34. The van der Waals surface area contributed by atoms with E-state index in [1.54, 1.807) is 0 Å². The minimum atomic E-state index is -4.49.